The Balaban J connectivity index is 2.00. The van der Waals surface area contributed by atoms with E-state index in [1.54, 1.807) is 28.4 Å². The molecule has 0 saturated carbocycles. The highest BCUT2D eigenvalue weighted by atomic mass is 32.1. The van der Waals surface area contributed by atoms with Gasteiger partial charge in [0.05, 0.1) is 6.04 Å². The van der Waals surface area contributed by atoms with Gasteiger partial charge in [-0.25, -0.2) is 0 Å². The van der Waals surface area contributed by atoms with Gasteiger partial charge >= 0.3 is 0 Å². The third-order valence-electron chi connectivity index (χ3n) is 3.75. The second-order valence-electron chi connectivity index (χ2n) is 5.71. The third kappa shape index (κ3) is 4.80. The van der Waals surface area contributed by atoms with Crippen LogP contribution >= 0.6 is 11.3 Å². The Hall–Kier alpha value is -2.40. The molecule has 24 heavy (non-hydrogen) atoms. The SMILES string of the molecule is CC(=O)Nc1ccc(/C=C/C(=O)N(C)[C@H](C)c2ccc(C)s2)cc1. The number of carbonyl (C=O) groups is 2. The van der Waals surface area contributed by atoms with Crippen LogP contribution in [-0.4, -0.2) is 23.8 Å². The second kappa shape index (κ2) is 7.93. The Morgan fingerprint density at radius 2 is 1.83 bits per heavy atom. The highest BCUT2D eigenvalue weighted by Gasteiger charge is 2.16. The molecule has 0 aliphatic rings. The predicted molar refractivity (Wildman–Crippen MR) is 100 cm³/mol. The van der Waals surface area contributed by atoms with E-state index in [0.29, 0.717) is 0 Å². The molecule has 4 nitrogen and oxygen atoms in total. The lowest BCUT2D eigenvalue weighted by Gasteiger charge is -2.22. The summed E-state index contributed by atoms with van der Waals surface area (Å²) in [6.45, 7) is 5.56. The minimum Gasteiger partial charge on any atom is -0.335 e. The predicted octanol–water partition coefficient (Wildman–Crippen LogP) is 4.25. The molecule has 0 unspecified atom stereocenters. The molecule has 2 amide bonds. The summed E-state index contributed by atoms with van der Waals surface area (Å²) < 4.78 is 0. The number of carbonyl (C=O) groups excluding carboxylic acids is 2. The van der Waals surface area contributed by atoms with E-state index in [1.165, 1.54) is 16.7 Å². The van der Waals surface area contributed by atoms with Gasteiger partial charge in [-0.3, -0.25) is 9.59 Å². The fourth-order valence-corrected chi connectivity index (χ4v) is 3.20. The Labute approximate surface area is 146 Å². The second-order valence-corrected chi connectivity index (χ2v) is 7.03. The van der Waals surface area contributed by atoms with Gasteiger partial charge in [0.1, 0.15) is 0 Å². The van der Waals surface area contributed by atoms with Crippen molar-refractivity contribution in [3.05, 3.63) is 57.8 Å². The first-order valence-corrected chi connectivity index (χ1v) is 8.57. The number of amides is 2. The number of benzene rings is 1. The fraction of sp³-hybridized carbons (Fsp3) is 0.263. The van der Waals surface area contributed by atoms with Gasteiger partial charge in [-0.2, -0.15) is 0 Å². The van der Waals surface area contributed by atoms with Crippen molar-refractivity contribution in [2.45, 2.75) is 26.8 Å². The van der Waals surface area contributed by atoms with Crippen LogP contribution in [0.25, 0.3) is 6.08 Å². The zero-order valence-electron chi connectivity index (χ0n) is 14.4. The topological polar surface area (TPSA) is 49.4 Å². The minimum atomic E-state index is -0.104. The summed E-state index contributed by atoms with van der Waals surface area (Å²) >= 11 is 1.71. The smallest absolute Gasteiger partial charge is 0.246 e. The number of hydrogen-bond donors (Lipinski definition) is 1. The molecule has 0 aliphatic carbocycles. The van der Waals surface area contributed by atoms with E-state index in [4.69, 9.17) is 0 Å². The summed E-state index contributed by atoms with van der Waals surface area (Å²) in [5, 5.41) is 2.71. The molecule has 1 aromatic carbocycles. The van der Waals surface area contributed by atoms with Crippen LogP contribution in [0.15, 0.2) is 42.5 Å². The maximum Gasteiger partial charge on any atom is 0.246 e. The molecule has 1 N–H and O–H groups in total. The van der Waals surface area contributed by atoms with Crippen molar-refractivity contribution in [3.8, 4) is 0 Å². The molecule has 0 bridgehead atoms. The van der Waals surface area contributed by atoms with Crippen LogP contribution < -0.4 is 5.32 Å². The van der Waals surface area contributed by atoms with Crippen molar-refractivity contribution < 1.29 is 9.59 Å². The molecule has 5 heteroatoms. The zero-order chi connectivity index (χ0) is 17.7. The summed E-state index contributed by atoms with van der Waals surface area (Å²) in [6.07, 6.45) is 3.35. The number of nitrogens with zero attached hydrogens (tertiary/aromatic N) is 1. The average Bonchev–Trinajstić information content (AvgIpc) is 2.98. The van der Waals surface area contributed by atoms with Crippen LogP contribution in [0, 0.1) is 6.92 Å². The Kier molecular flexibility index (Phi) is 5.93. The Morgan fingerprint density at radius 1 is 1.17 bits per heavy atom. The Morgan fingerprint density at radius 3 is 2.38 bits per heavy atom. The van der Waals surface area contributed by atoms with Gasteiger partial charge in [-0.15, -0.1) is 11.3 Å². The van der Waals surface area contributed by atoms with Crippen LogP contribution in [0.4, 0.5) is 5.69 Å². The molecule has 2 aromatic rings. The molecule has 0 fully saturated rings. The van der Waals surface area contributed by atoms with Crippen LogP contribution in [0.1, 0.15) is 35.2 Å². The maximum absolute atomic E-state index is 12.3. The average molecular weight is 342 g/mol. The fourth-order valence-electron chi connectivity index (χ4n) is 2.23. The minimum absolute atomic E-state index is 0.0421. The van der Waals surface area contributed by atoms with Gasteiger partial charge in [-0.05, 0) is 49.8 Å². The summed E-state index contributed by atoms with van der Waals surface area (Å²) in [5.74, 6) is -0.146. The van der Waals surface area contributed by atoms with Crippen LogP contribution in [-0.2, 0) is 9.59 Å². The number of hydrogen-bond acceptors (Lipinski definition) is 3. The Bertz CT molecular complexity index is 747. The van der Waals surface area contributed by atoms with Gasteiger partial charge in [0, 0.05) is 35.5 Å². The molecule has 1 atom stereocenters. The van der Waals surface area contributed by atoms with Crippen molar-refractivity contribution >= 4 is 34.9 Å². The van der Waals surface area contributed by atoms with E-state index < -0.39 is 0 Å². The molecule has 0 radical (unpaired) electrons. The van der Waals surface area contributed by atoms with Gasteiger partial charge in [0.25, 0.3) is 0 Å². The quantitative estimate of drug-likeness (QED) is 0.826. The van der Waals surface area contributed by atoms with Crippen molar-refractivity contribution in [2.24, 2.45) is 0 Å². The number of likely N-dealkylation sites (N-methyl/N-ethyl adjacent to an activating group) is 1. The number of anilines is 1. The normalized spacial score (nSPS) is 12.2. The third-order valence-corrected chi connectivity index (χ3v) is 4.92. The number of thiophene rings is 1. The first kappa shape index (κ1) is 17.9. The van der Waals surface area contributed by atoms with Crippen molar-refractivity contribution in [3.63, 3.8) is 0 Å². The first-order valence-electron chi connectivity index (χ1n) is 7.75. The molecule has 1 aromatic heterocycles. The molecule has 1 heterocycles. The van der Waals surface area contributed by atoms with Gasteiger partial charge in [-0.1, -0.05) is 12.1 Å². The standard InChI is InChI=1S/C19H22N2O2S/c1-13-5-11-18(24-13)14(2)21(4)19(23)12-8-16-6-9-17(10-7-16)20-15(3)22/h5-12,14H,1-4H3,(H,20,22)/b12-8+/t14-/m1/s1. The molecule has 126 valence electrons. The van der Waals surface area contributed by atoms with E-state index in [0.717, 1.165) is 11.3 Å². The van der Waals surface area contributed by atoms with E-state index >= 15 is 0 Å². The van der Waals surface area contributed by atoms with E-state index in [2.05, 4.69) is 24.4 Å². The molecule has 0 spiro atoms. The monoisotopic (exact) mass is 342 g/mol. The lowest BCUT2D eigenvalue weighted by Crippen LogP contribution is -2.27. The van der Waals surface area contributed by atoms with Crippen LogP contribution in [0.3, 0.4) is 0 Å². The maximum atomic E-state index is 12.3. The zero-order valence-corrected chi connectivity index (χ0v) is 15.2. The van der Waals surface area contributed by atoms with Crippen molar-refractivity contribution in [1.82, 2.24) is 4.90 Å². The summed E-state index contributed by atoms with van der Waals surface area (Å²) in [4.78, 5) is 27.5. The number of nitrogens with one attached hydrogen (secondary N) is 1. The number of rotatable bonds is 5. The van der Waals surface area contributed by atoms with Crippen molar-refractivity contribution in [2.75, 3.05) is 12.4 Å². The van der Waals surface area contributed by atoms with Gasteiger partial charge in [0.2, 0.25) is 11.8 Å². The van der Waals surface area contributed by atoms with Gasteiger partial charge in [0.15, 0.2) is 0 Å². The lowest BCUT2D eigenvalue weighted by molar-refractivity contribution is -0.126. The summed E-state index contributed by atoms with van der Waals surface area (Å²) in [6, 6.07) is 11.5. The first-order chi connectivity index (χ1) is 11.4. The molecule has 0 saturated heterocycles. The van der Waals surface area contributed by atoms with Crippen molar-refractivity contribution in [1.29, 1.82) is 0 Å². The molecular weight excluding hydrogens is 320 g/mol. The molecule has 2 rings (SSSR count). The highest BCUT2D eigenvalue weighted by molar-refractivity contribution is 7.12. The highest BCUT2D eigenvalue weighted by Crippen LogP contribution is 2.26. The van der Waals surface area contributed by atoms with Crippen LogP contribution in [0.2, 0.25) is 0 Å². The van der Waals surface area contributed by atoms with Crippen LogP contribution in [0.5, 0.6) is 0 Å². The lowest BCUT2D eigenvalue weighted by atomic mass is 10.2. The van der Waals surface area contributed by atoms with E-state index in [1.807, 2.05) is 38.2 Å². The van der Waals surface area contributed by atoms with E-state index in [-0.39, 0.29) is 17.9 Å². The molecule has 0 aliphatic heterocycles. The summed E-state index contributed by atoms with van der Waals surface area (Å²) in [7, 11) is 1.81. The molecular formula is C19H22N2O2S. The largest absolute Gasteiger partial charge is 0.335 e. The van der Waals surface area contributed by atoms with Gasteiger partial charge < -0.3 is 10.2 Å². The summed E-state index contributed by atoms with van der Waals surface area (Å²) in [5.41, 5.74) is 1.65. The number of aryl methyl sites for hydroxylation is 1. The van der Waals surface area contributed by atoms with E-state index in [9.17, 15) is 9.59 Å².